The zero-order valence-electron chi connectivity index (χ0n) is 12.1. The van der Waals surface area contributed by atoms with Crippen molar-refractivity contribution in [1.29, 1.82) is 0 Å². The van der Waals surface area contributed by atoms with Crippen LogP contribution in [-0.2, 0) is 12.6 Å². The molecule has 0 unspecified atom stereocenters. The molecule has 0 aliphatic carbocycles. The smallest absolute Gasteiger partial charge is 0.304 e. The second-order valence-electron chi connectivity index (χ2n) is 5.51. The lowest BCUT2D eigenvalue weighted by Gasteiger charge is -2.32. The minimum absolute atomic E-state index is 0.119. The number of hydrogen-bond donors (Lipinski definition) is 0. The highest BCUT2D eigenvalue weighted by atomic mass is 19.4. The van der Waals surface area contributed by atoms with E-state index in [4.69, 9.17) is 0 Å². The summed E-state index contributed by atoms with van der Waals surface area (Å²) in [6.45, 7) is 4.47. The van der Waals surface area contributed by atoms with E-state index < -0.39 is 17.6 Å². The number of alkyl halides is 3. The maximum atomic E-state index is 13.7. The van der Waals surface area contributed by atoms with Crippen molar-refractivity contribution in [2.45, 2.75) is 19.0 Å². The fourth-order valence-corrected chi connectivity index (χ4v) is 2.63. The maximum absolute atomic E-state index is 13.7. The Morgan fingerprint density at radius 2 is 1.76 bits per heavy atom. The molecule has 1 aliphatic rings. The molecule has 1 heterocycles. The van der Waals surface area contributed by atoms with Gasteiger partial charge in [0.05, 0.1) is 5.56 Å². The van der Waals surface area contributed by atoms with Crippen molar-refractivity contribution >= 4 is 0 Å². The van der Waals surface area contributed by atoms with Gasteiger partial charge in [-0.05, 0) is 38.6 Å². The average molecular weight is 304 g/mol. The van der Waals surface area contributed by atoms with Crippen LogP contribution < -0.4 is 0 Å². The first-order valence-corrected chi connectivity index (χ1v) is 7.13. The van der Waals surface area contributed by atoms with Crippen molar-refractivity contribution in [3.8, 4) is 0 Å². The van der Waals surface area contributed by atoms with Crippen molar-refractivity contribution < 1.29 is 17.6 Å². The second-order valence-corrected chi connectivity index (χ2v) is 5.51. The first-order chi connectivity index (χ1) is 9.88. The minimum atomic E-state index is -4.49. The third kappa shape index (κ3) is 4.41. The molecule has 118 valence electrons. The molecule has 0 N–H and O–H groups in total. The van der Waals surface area contributed by atoms with Crippen LogP contribution in [0.1, 0.15) is 17.5 Å². The molecule has 0 aromatic heterocycles. The molecule has 1 fully saturated rings. The molecular weight excluding hydrogens is 284 g/mol. The summed E-state index contributed by atoms with van der Waals surface area (Å²) in [6, 6.07) is 3.16. The lowest BCUT2D eigenvalue weighted by atomic mass is 10.0. The molecule has 0 atom stereocenters. The Kier molecular flexibility index (Phi) is 5.22. The van der Waals surface area contributed by atoms with E-state index in [0.29, 0.717) is 13.0 Å². The van der Waals surface area contributed by atoms with E-state index in [1.54, 1.807) is 0 Å². The summed E-state index contributed by atoms with van der Waals surface area (Å²) < 4.78 is 52.3. The largest absolute Gasteiger partial charge is 0.416 e. The molecular formula is C15H20F4N2. The molecule has 0 radical (unpaired) electrons. The van der Waals surface area contributed by atoms with Crippen molar-refractivity contribution in [1.82, 2.24) is 9.80 Å². The van der Waals surface area contributed by atoms with Crippen molar-refractivity contribution in [3.05, 3.63) is 35.1 Å². The summed E-state index contributed by atoms with van der Waals surface area (Å²) in [6.07, 6.45) is -3.84. The predicted octanol–water partition coefficient (Wildman–Crippen LogP) is 3.02. The second kappa shape index (κ2) is 6.75. The van der Waals surface area contributed by atoms with E-state index in [1.807, 2.05) is 7.05 Å². The standard InChI is InChI=1S/C15H20F4N2/c1-20-8-10-21(11-9-20)7-3-4-12-13(15(17,18)19)5-2-6-14(12)16/h2,5-6H,3-4,7-11H2,1H3. The molecule has 0 amide bonds. The van der Waals surface area contributed by atoms with E-state index in [1.165, 1.54) is 0 Å². The van der Waals surface area contributed by atoms with E-state index in [0.717, 1.165) is 44.4 Å². The quantitative estimate of drug-likeness (QED) is 0.789. The van der Waals surface area contributed by atoms with Crippen LogP contribution in [0, 0.1) is 5.82 Å². The van der Waals surface area contributed by atoms with Gasteiger partial charge >= 0.3 is 6.18 Å². The average Bonchev–Trinajstić information content (AvgIpc) is 2.41. The van der Waals surface area contributed by atoms with Gasteiger partial charge < -0.3 is 9.80 Å². The van der Waals surface area contributed by atoms with Gasteiger partial charge in [-0.2, -0.15) is 13.2 Å². The number of hydrogen-bond acceptors (Lipinski definition) is 2. The van der Waals surface area contributed by atoms with Crippen LogP contribution in [0.2, 0.25) is 0 Å². The lowest BCUT2D eigenvalue weighted by Crippen LogP contribution is -2.44. The number of rotatable bonds is 4. The van der Waals surface area contributed by atoms with Gasteiger partial charge in [-0.15, -0.1) is 0 Å². The maximum Gasteiger partial charge on any atom is 0.416 e. The SMILES string of the molecule is CN1CCN(CCCc2c(F)cccc2C(F)(F)F)CC1. The fourth-order valence-electron chi connectivity index (χ4n) is 2.63. The van der Waals surface area contributed by atoms with Gasteiger partial charge in [0.1, 0.15) is 5.82 Å². The first-order valence-electron chi connectivity index (χ1n) is 7.13. The molecule has 21 heavy (non-hydrogen) atoms. The summed E-state index contributed by atoms with van der Waals surface area (Å²) in [4.78, 5) is 4.43. The number of piperazine rings is 1. The van der Waals surface area contributed by atoms with Gasteiger partial charge in [-0.3, -0.25) is 0 Å². The summed E-state index contributed by atoms with van der Waals surface area (Å²) in [5.74, 6) is -0.761. The number of likely N-dealkylation sites (N-methyl/N-ethyl adjacent to an activating group) is 1. The Bertz CT molecular complexity index is 465. The molecule has 2 nitrogen and oxygen atoms in total. The zero-order valence-corrected chi connectivity index (χ0v) is 12.1. The molecule has 0 bridgehead atoms. The van der Waals surface area contributed by atoms with Gasteiger partial charge in [0.25, 0.3) is 0 Å². The van der Waals surface area contributed by atoms with E-state index in [2.05, 4.69) is 9.80 Å². The van der Waals surface area contributed by atoms with E-state index >= 15 is 0 Å². The van der Waals surface area contributed by atoms with E-state index in [9.17, 15) is 17.6 Å². The molecule has 1 aliphatic heterocycles. The van der Waals surface area contributed by atoms with Crippen LogP contribution in [0.25, 0.3) is 0 Å². The summed E-state index contributed by atoms with van der Waals surface area (Å²) in [5.41, 5.74) is -1.06. The minimum Gasteiger partial charge on any atom is -0.304 e. The van der Waals surface area contributed by atoms with Crippen molar-refractivity contribution in [3.63, 3.8) is 0 Å². The van der Waals surface area contributed by atoms with Crippen molar-refractivity contribution in [2.24, 2.45) is 0 Å². The monoisotopic (exact) mass is 304 g/mol. The van der Waals surface area contributed by atoms with Crippen molar-refractivity contribution in [2.75, 3.05) is 39.8 Å². The Labute approximate surface area is 122 Å². The number of benzene rings is 1. The topological polar surface area (TPSA) is 6.48 Å². The molecule has 1 aromatic rings. The first kappa shape index (κ1) is 16.2. The van der Waals surface area contributed by atoms with Crippen LogP contribution in [0.5, 0.6) is 0 Å². The molecule has 2 rings (SSSR count). The Balaban J connectivity index is 1.94. The molecule has 1 saturated heterocycles. The van der Waals surface area contributed by atoms with Crippen LogP contribution in [0.4, 0.5) is 17.6 Å². The highest BCUT2D eigenvalue weighted by molar-refractivity contribution is 5.31. The molecule has 0 saturated carbocycles. The predicted molar refractivity (Wildman–Crippen MR) is 73.7 cm³/mol. The normalized spacial score (nSPS) is 18.1. The zero-order chi connectivity index (χ0) is 15.5. The van der Waals surface area contributed by atoms with Crippen LogP contribution in [-0.4, -0.2) is 49.6 Å². The van der Waals surface area contributed by atoms with Gasteiger partial charge in [-0.25, -0.2) is 4.39 Å². The van der Waals surface area contributed by atoms with Gasteiger partial charge in [0.15, 0.2) is 0 Å². The number of nitrogens with zero attached hydrogens (tertiary/aromatic N) is 2. The van der Waals surface area contributed by atoms with Crippen LogP contribution in [0.3, 0.4) is 0 Å². The van der Waals surface area contributed by atoms with Gasteiger partial charge in [0.2, 0.25) is 0 Å². The Morgan fingerprint density at radius 1 is 1.10 bits per heavy atom. The molecule has 1 aromatic carbocycles. The van der Waals surface area contributed by atoms with Crippen LogP contribution >= 0.6 is 0 Å². The fraction of sp³-hybridized carbons (Fsp3) is 0.600. The van der Waals surface area contributed by atoms with Gasteiger partial charge in [-0.1, -0.05) is 6.07 Å². The van der Waals surface area contributed by atoms with E-state index in [-0.39, 0.29) is 12.0 Å². The molecule has 0 spiro atoms. The third-order valence-corrected chi connectivity index (χ3v) is 3.92. The summed E-state index contributed by atoms with van der Waals surface area (Å²) in [7, 11) is 2.05. The summed E-state index contributed by atoms with van der Waals surface area (Å²) in [5, 5.41) is 0. The molecule has 6 heteroatoms. The number of halogens is 4. The third-order valence-electron chi connectivity index (χ3n) is 3.92. The highest BCUT2D eigenvalue weighted by Gasteiger charge is 2.34. The Morgan fingerprint density at radius 3 is 2.38 bits per heavy atom. The highest BCUT2D eigenvalue weighted by Crippen LogP contribution is 2.33. The van der Waals surface area contributed by atoms with Gasteiger partial charge in [0, 0.05) is 31.7 Å². The summed E-state index contributed by atoms with van der Waals surface area (Å²) >= 11 is 0. The van der Waals surface area contributed by atoms with Crippen LogP contribution in [0.15, 0.2) is 18.2 Å². The Hall–Kier alpha value is -1.14. The lowest BCUT2D eigenvalue weighted by molar-refractivity contribution is -0.138.